The van der Waals surface area contributed by atoms with Crippen LogP contribution < -0.4 is 4.74 Å². The molecule has 1 unspecified atom stereocenters. The number of likely N-dealkylation sites (tertiary alicyclic amines) is 1. The van der Waals surface area contributed by atoms with E-state index < -0.39 is 0 Å². The molecule has 3 aromatic rings. The molecule has 0 saturated carbocycles. The number of imidazole rings is 1. The van der Waals surface area contributed by atoms with Gasteiger partial charge in [-0.3, -0.25) is 4.79 Å². The molecule has 4 rings (SSSR count). The third-order valence-corrected chi connectivity index (χ3v) is 4.58. The first-order chi connectivity index (χ1) is 11.8. The van der Waals surface area contributed by atoms with E-state index in [1.54, 1.807) is 13.3 Å². The Morgan fingerprint density at radius 1 is 1.25 bits per heavy atom. The minimum atomic E-state index is -0.0102. The maximum absolute atomic E-state index is 13.0. The summed E-state index contributed by atoms with van der Waals surface area (Å²) >= 11 is 0. The smallest absolute Gasteiger partial charge is 0.274 e. The second-order valence-corrected chi connectivity index (χ2v) is 6.03. The molecule has 24 heavy (non-hydrogen) atoms. The molecule has 1 amide bonds. The van der Waals surface area contributed by atoms with Crippen molar-refractivity contribution in [2.24, 2.45) is 0 Å². The summed E-state index contributed by atoms with van der Waals surface area (Å²) in [5.74, 6) is 0.809. The Morgan fingerprint density at radius 3 is 3.00 bits per heavy atom. The Morgan fingerprint density at radius 2 is 2.17 bits per heavy atom. The Labute approximate surface area is 140 Å². The molecule has 1 aliphatic rings. The largest absolute Gasteiger partial charge is 0.497 e. The van der Waals surface area contributed by atoms with Gasteiger partial charge in [-0.2, -0.15) is 0 Å². The summed E-state index contributed by atoms with van der Waals surface area (Å²) in [6, 6.07) is 13.8. The van der Waals surface area contributed by atoms with Crippen molar-refractivity contribution in [3.05, 3.63) is 66.1 Å². The van der Waals surface area contributed by atoms with Gasteiger partial charge in [-0.1, -0.05) is 18.2 Å². The van der Waals surface area contributed by atoms with E-state index in [4.69, 9.17) is 4.74 Å². The van der Waals surface area contributed by atoms with E-state index in [1.807, 2.05) is 51.9 Å². The van der Waals surface area contributed by atoms with E-state index >= 15 is 0 Å². The van der Waals surface area contributed by atoms with E-state index in [-0.39, 0.29) is 11.9 Å². The molecule has 0 bridgehead atoms. The van der Waals surface area contributed by atoms with E-state index in [1.165, 1.54) is 0 Å². The number of aromatic nitrogens is 2. The fourth-order valence-corrected chi connectivity index (χ4v) is 3.39. The highest BCUT2D eigenvalue weighted by Gasteiger charge is 2.31. The number of hydrogen-bond acceptors (Lipinski definition) is 3. The number of ether oxygens (including phenoxy) is 1. The van der Waals surface area contributed by atoms with Gasteiger partial charge in [0, 0.05) is 18.9 Å². The number of hydrogen-bond donors (Lipinski definition) is 0. The van der Waals surface area contributed by atoms with Crippen LogP contribution in [0, 0.1) is 0 Å². The summed E-state index contributed by atoms with van der Waals surface area (Å²) < 4.78 is 7.19. The minimum absolute atomic E-state index is 0.0102. The van der Waals surface area contributed by atoms with Gasteiger partial charge in [-0.05, 0) is 42.7 Å². The first-order valence-corrected chi connectivity index (χ1v) is 8.15. The predicted molar refractivity (Wildman–Crippen MR) is 91.2 cm³/mol. The summed E-state index contributed by atoms with van der Waals surface area (Å²) in [7, 11) is 1.66. The van der Waals surface area contributed by atoms with Crippen molar-refractivity contribution >= 4 is 11.6 Å². The van der Waals surface area contributed by atoms with Crippen molar-refractivity contribution in [3.63, 3.8) is 0 Å². The molecule has 1 fully saturated rings. The summed E-state index contributed by atoms with van der Waals surface area (Å²) in [4.78, 5) is 19.4. The fourth-order valence-electron chi connectivity index (χ4n) is 3.39. The van der Waals surface area contributed by atoms with Crippen LogP contribution >= 0.6 is 0 Å². The maximum atomic E-state index is 13.0. The third kappa shape index (κ3) is 2.52. The van der Waals surface area contributed by atoms with Crippen molar-refractivity contribution < 1.29 is 9.53 Å². The number of carbonyl (C=O) groups excluding carboxylic acids is 1. The molecule has 1 saturated heterocycles. The van der Waals surface area contributed by atoms with Gasteiger partial charge in [0.2, 0.25) is 0 Å². The minimum Gasteiger partial charge on any atom is -0.497 e. The van der Waals surface area contributed by atoms with Crippen LogP contribution in [0.3, 0.4) is 0 Å². The fraction of sp³-hybridized carbons (Fsp3) is 0.263. The number of benzene rings is 1. The van der Waals surface area contributed by atoms with E-state index in [2.05, 4.69) is 11.1 Å². The summed E-state index contributed by atoms with van der Waals surface area (Å²) in [5, 5.41) is 0. The van der Waals surface area contributed by atoms with Gasteiger partial charge in [-0.15, -0.1) is 0 Å². The average Bonchev–Trinajstić information content (AvgIpc) is 3.28. The molecule has 1 aromatic carbocycles. The third-order valence-electron chi connectivity index (χ3n) is 4.58. The van der Waals surface area contributed by atoms with Crippen LogP contribution in [0.4, 0.5) is 0 Å². The lowest BCUT2D eigenvalue weighted by atomic mass is 10.0. The lowest BCUT2D eigenvalue weighted by Crippen LogP contribution is -2.30. The molecule has 0 N–H and O–H groups in total. The lowest BCUT2D eigenvalue weighted by molar-refractivity contribution is 0.0730. The van der Waals surface area contributed by atoms with Crippen LogP contribution in [0.15, 0.2) is 54.9 Å². The molecule has 3 heterocycles. The number of pyridine rings is 1. The van der Waals surface area contributed by atoms with Crippen LogP contribution in [-0.2, 0) is 0 Å². The SMILES string of the molecule is COc1cccc(C2CCCN2C(=O)c2cn3ccccc3n2)c1. The molecule has 1 aliphatic heterocycles. The summed E-state index contributed by atoms with van der Waals surface area (Å²) in [6.45, 7) is 0.759. The number of nitrogens with zero attached hydrogens (tertiary/aromatic N) is 3. The lowest BCUT2D eigenvalue weighted by Gasteiger charge is -2.24. The number of methoxy groups -OCH3 is 1. The van der Waals surface area contributed by atoms with Gasteiger partial charge in [0.25, 0.3) is 5.91 Å². The second kappa shape index (κ2) is 6.00. The number of carbonyl (C=O) groups is 1. The van der Waals surface area contributed by atoms with Gasteiger partial charge < -0.3 is 14.0 Å². The molecule has 1 atom stereocenters. The van der Waals surface area contributed by atoms with Crippen molar-refractivity contribution in [1.29, 1.82) is 0 Å². The summed E-state index contributed by atoms with van der Waals surface area (Å²) in [6.07, 6.45) is 5.68. The van der Waals surface area contributed by atoms with Crippen molar-refractivity contribution in [3.8, 4) is 5.75 Å². The Balaban J connectivity index is 1.65. The highest BCUT2D eigenvalue weighted by Crippen LogP contribution is 2.34. The Kier molecular flexibility index (Phi) is 3.69. The van der Waals surface area contributed by atoms with Crippen molar-refractivity contribution in [2.75, 3.05) is 13.7 Å². The molecule has 5 nitrogen and oxygen atoms in total. The zero-order chi connectivity index (χ0) is 16.5. The van der Waals surface area contributed by atoms with E-state index in [0.717, 1.165) is 36.3 Å². The average molecular weight is 321 g/mol. The standard InChI is InChI=1S/C19H19N3O2/c1-24-15-7-4-6-14(12-15)17-8-5-11-22(17)19(23)16-13-21-10-3-2-9-18(21)20-16/h2-4,6-7,9-10,12-13,17H,5,8,11H2,1H3. The molecule has 5 heteroatoms. The molecule has 0 aliphatic carbocycles. The highest BCUT2D eigenvalue weighted by molar-refractivity contribution is 5.93. The normalized spacial score (nSPS) is 17.4. The zero-order valence-electron chi connectivity index (χ0n) is 13.6. The number of rotatable bonds is 3. The van der Waals surface area contributed by atoms with Gasteiger partial charge >= 0.3 is 0 Å². The number of fused-ring (bicyclic) bond motifs is 1. The molecule has 122 valence electrons. The highest BCUT2D eigenvalue weighted by atomic mass is 16.5. The molecule has 0 spiro atoms. The van der Waals surface area contributed by atoms with Gasteiger partial charge in [0.1, 0.15) is 17.1 Å². The van der Waals surface area contributed by atoms with Crippen LogP contribution in [0.5, 0.6) is 5.75 Å². The van der Waals surface area contributed by atoms with Crippen LogP contribution in [0.1, 0.15) is 34.9 Å². The van der Waals surface area contributed by atoms with Gasteiger partial charge in [0.15, 0.2) is 0 Å². The van der Waals surface area contributed by atoms with Crippen LogP contribution in [0.25, 0.3) is 5.65 Å². The van der Waals surface area contributed by atoms with Gasteiger partial charge in [-0.25, -0.2) is 4.98 Å². The van der Waals surface area contributed by atoms with Crippen molar-refractivity contribution in [1.82, 2.24) is 14.3 Å². The summed E-state index contributed by atoms with van der Waals surface area (Å²) in [5.41, 5.74) is 2.40. The van der Waals surface area contributed by atoms with Crippen molar-refractivity contribution in [2.45, 2.75) is 18.9 Å². The molecular weight excluding hydrogens is 302 g/mol. The van der Waals surface area contributed by atoms with E-state index in [0.29, 0.717) is 5.69 Å². The van der Waals surface area contributed by atoms with Crippen LogP contribution in [0.2, 0.25) is 0 Å². The zero-order valence-corrected chi connectivity index (χ0v) is 13.6. The predicted octanol–water partition coefficient (Wildman–Crippen LogP) is 3.32. The first-order valence-electron chi connectivity index (χ1n) is 8.15. The molecular formula is C19H19N3O2. The number of amides is 1. The van der Waals surface area contributed by atoms with Crippen LogP contribution in [-0.4, -0.2) is 33.8 Å². The second-order valence-electron chi connectivity index (χ2n) is 6.03. The topological polar surface area (TPSA) is 46.8 Å². The molecule has 0 radical (unpaired) electrons. The quantitative estimate of drug-likeness (QED) is 0.743. The molecule has 2 aromatic heterocycles. The first kappa shape index (κ1) is 14.8. The Bertz CT molecular complexity index is 854. The maximum Gasteiger partial charge on any atom is 0.274 e. The van der Waals surface area contributed by atoms with Gasteiger partial charge in [0.05, 0.1) is 13.2 Å². The Hall–Kier alpha value is -2.82. The monoisotopic (exact) mass is 321 g/mol. The van der Waals surface area contributed by atoms with E-state index in [9.17, 15) is 4.79 Å².